The van der Waals surface area contributed by atoms with Gasteiger partial charge >= 0.3 is 0 Å². The molecule has 1 aromatic heterocycles. The zero-order valence-electron chi connectivity index (χ0n) is 14.0. The molecule has 2 amide bonds. The zero-order valence-corrected chi connectivity index (χ0v) is 14.0. The smallest absolute Gasteiger partial charge is 0.291 e. The van der Waals surface area contributed by atoms with Crippen LogP contribution in [0.3, 0.4) is 0 Å². The normalized spacial score (nSPS) is 19.6. The quantitative estimate of drug-likeness (QED) is 0.747. The highest BCUT2D eigenvalue weighted by Crippen LogP contribution is 2.28. The molecule has 1 fully saturated rings. The minimum atomic E-state index is -0.541. The topological polar surface area (TPSA) is 92.6 Å². The number of benzene rings is 1. The van der Waals surface area contributed by atoms with Crippen LogP contribution in [0.25, 0.3) is 0 Å². The summed E-state index contributed by atoms with van der Waals surface area (Å²) >= 11 is 0. The number of carbonyl (C=O) groups is 2. The summed E-state index contributed by atoms with van der Waals surface area (Å²) in [6, 6.07) is 10.2. The minimum Gasteiger partial charge on any atom is -0.459 e. The number of hydrogen-bond acceptors (Lipinski definition) is 5. The highest BCUT2D eigenvalue weighted by Gasteiger charge is 2.41. The zero-order chi connectivity index (χ0) is 17.7. The van der Waals surface area contributed by atoms with Crippen molar-refractivity contribution in [2.75, 3.05) is 37.4 Å². The van der Waals surface area contributed by atoms with Gasteiger partial charge in [-0.1, -0.05) is 0 Å². The van der Waals surface area contributed by atoms with Gasteiger partial charge in [0.2, 0.25) is 5.91 Å². The predicted octanol–water partition coefficient (Wildman–Crippen LogP) is 2.10. The molecule has 2 heterocycles. The first-order valence-corrected chi connectivity index (χ1v) is 8.09. The van der Waals surface area contributed by atoms with Crippen molar-refractivity contribution >= 4 is 23.2 Å². The van der Waals surface area contributed by atoms with Crippen molar-refractivity contribution in [2.24, 2.45) is 5.41 Å². The van der Waals surface area contributed by atoms with Crippen LogP contribution >= 0.6 is 0 Å². The van der Waals surface area contributed by atoms with E-state index in [2.05, 4.69) is 16.0 Å². The maximum atomic E-state index is 12.6. The molecule has 1 aliphatic rings. The van der Waals surface area contributed by atoms with E-state index in [0.29, 0.717) is 24.5 Å². The average molecular weight is 343 g/mol. The Labute approximate surface area is 145 Å². The maximum absolute atomic E-state index is 12.6. The molecule has 0 radical (unpaired) electrons. The Kier molecular flexibility index (Phi) is 5.16. The highest BCUT2D eigenvalue weighted by atomic mass is 16.5. The molecule has 1 saturated heterocycles. The molecule has 1 aliphatic heterocycles. The Morgan fingerprint density at radius 1 is 1.20 bits per heavy atom. The largest absolute Gasteiger partial charge is 0.459 e. The fraction of sp³-hybridized carbons (Fsp3) is 0.333. The van der Waals surface area contributed by atoms with Crippen molar-refractivity contribution in [3.63, 3.8) is 0 Å². The molecule has 2 aromatic rings. The molecule has 0 spiro atoms. The molecule has 0 saturated carbocycles. The molecular formula is C18H21N3O4. The number of furan rings is 1. The van der Waals surface area contributed by atoms with E-state index in [1.165, 1.54) is 6.26 Å². The van der Waals surface area contributed by atoms with Crippen molar-refractivity contribution in [2.45, 2.75) is 6.42 Å². The van der Waals surface area contributed by atoms with Crippen molar-refractivity contribution in [1.82, 2.24) is 5.32 Å². The van der Waals surface area contributed by atoms with Crippen LogP contribution in [0.15, 0.2) is 47.1 Å². The summed E-state index contributed by atoms with van der Waals surface area (Å²) in [5.74, 6) is -0.141. The molecule has 132 valence electrons. The Morgan fingerprint density at radius 3 is 2.48 bits per heavy atom. The van der Waals surface area contributed by atoms with E-state index < -0.39 is 5.41 Å². The molecule has 25 heavy (non-hydrogen) atoms. The second-order valence-corrected chi connectivity index (χ2v) is 6.10. The summed E-state index contributed by atoms with van der Waals surface area (Å²) in [5.41, 5.74) is 0.748. The molecule has 0 aliphatic carbocycles. The third kappa shape index (κ3) is 3.89. The number of hydrogen-bond donors (Lipinski definition) is 3. The van der Waals surface area contributed by atoms with Crippen LogP contribution in [-0.4, -0.2) is 38.6 Å². The first kappa shape index (κ1) is 17.2. The van der Waals surface area contributed by atoms with Crippen molar-refractivity contribution < 1.29 is 18.7 Å². The minimum absolute atomic E-state index is 0.0632. The van der Waals surface area contributed by atoms with E-state index >= 15 is 0 Å². The van der Waals surface area contributed by atoms with E-state index in [1.54, 1.807) is 43.5 Å². The highest BCUT2D eigenvalue weighted by molar-refractivity contribution is 6.02. The monoisotopic (exact) mass is 343 g/mol. The van der Waals surface area contributed by atoms with Gasteiger partial charge in [-0.2, -0.15) is 0 Å². The average Bonchev–Trinajstić information content (AvgIpc) is 3.29. The molecule has 1 atom stereocenters. The van der Waals surface area contributed by atoms with Gasteiger partial charge in [0.1, 0.15) is 0 Å². The van der Waals surface area contributed by atoms with E-state index in [0.717, 1.165) is 13.0 Å². The summed E-state index contributed by atoms with van der Waals surface area (Å²) < 4.78 is 10.3. The molecule has 7 nitrogen and oxygen atoms in total. The lowest BCUT2D eigenvalue weighted by Crippen LogP contribution is -2.41. The van der Waals surface area contributed by atoms with E-state index in [4.69, 9.17) is 9.15 Å². The van der Waals surface area contributed by atoms with Crippen LogP contribution in [0, 0.1) is 5.41 Å². The molecule has 3 rings (SSSR count). The van der Waals surface area contributed by atoms with Crippen molar-refractivity contribution in [3.05, 3.63) is 48.4 Å². The van der Waals surface area contributed by atoms with Gasteiger partial charge in [0.25, 0.3) is 5.91 Å². The summed E-state index contributed by atoms with van der Waals surface area (Å²) in [7, 11) is 1.60. The number of rotatable bonds is 6. The van der Waals surface area contributed by atoms with Crippen LogP contribution in [0.5, 0.6) is 0 Å². The Hall–Kier alpha value is -2.64. The van der Waals surface area contributed by atoms with Gasteiger partial charge in [0.15, 0.2) is 5.76 Å². The van der Waals surface area contributed by atoms with E-state index in [9.17, 15) is 9.59 Å². The molecule has 1 unspecified atom stereocenters. The van der Waals surface area contributed by atoms with Gasteiger partial charge in [-0.25, -0.2) is 0 Å². The predicted molar refractivity (Wildman–Crippen MR) is 93.5 cm³/mol. The van der Waals surface area contributed by atoms with Gasteiger partial charge in [-0.15, -0.1) is 0 Å². The Bertz CT molecular complexity index is 719. The van der Waals surface area contributed by atoms with Crippen molar-refractivity contribution in [1.29, 1.82) is 0 Å². The second kappa shape index (κ2) is 7.50. The first-order valence-electron chi connectivity index (χ1n) is 8.09. The van der Waals surface area contributed by atoms with Crippen LogP contribution in [0.4, 0.5) is 11.4 Å². The third-order valence-corrected chi connectivity index (χ3v) is 4.29. The number of anilines is 2. The van der Waals surface area contributed by atoms with Crippen LogP contribution < -0.4 is 16.0 Å². The number of amides is 2. The molecule has 3 N–H and O–H groups in total. The lowest BCUT2D eigenvalue weighted by Gasteiger charge is -2.26. The number of carbonyl (C=O) groups excluding carboxylic acids is 2. The van der Waals surface area contributed by atoms with Gasteiger partial charge in [-0.05, 0) is 49.4 Å². The van der Waals surface area contributed by atoms with Crippen molar-refractivity contribution in [3.8, 4) is 0 Å². The van der Waals surface area contributed by atoms with Gasteiger partial charge in [0.05, 0.1) is 18.3 Å². The molecule has 0 bridgehead atoms. The van der Waals surface area contributed by atoms with Crippen LogP contribution in [-0.2, 0) is 9.53 Å². The molecule has 1 aromatic carbocycles. The fourth-order valence-electron chi connectivity index (χ4n) is 2.90. The van der Waals surface area contributed by atoms with Crippen LogP contribution in [0.2, 0.25) is 0 Å². The fourth-order valence-corrected chi connectivity index (χ4v) is 2.90. The van der Waals surface area contributed by atoms with E-state index in [1.807, 2.05) is 0 Å². The summed E-state index contributed by atoms with van der Waals surface area (Å²) in [6.07, 6.45) is 2.19. The van der Waals surface area contributed by atoms with Gasteiger partial charge in [0, 0.05) is 25.0 Å². The summed E-state index contributed by atoms with van der Waals surface area (Å²) in [4.78, 5) is 24.6. The lowest BCUT2D eigenvalue weighted by atomic mass is 9.87. The summed E-state index contributed by atoms with van der Waals surface area (Å²) in [5, 5.41) is 8.87. The Balaban J connectivity index is 1.62. The molecule has 7 heteroatoms. The number of nitrogens with one attached hydrogen (secondary N) is 3. The molecular weight excluding hydrogens is 322 g/mol. The lowest BCUT2D eigenvalue weighted by molar-refractivity contribution is -0.127. The maximum Gasteiger partial charge on any atom is 0.291 e. The van der Waals surface area contributed by atoms with Gasteiger partial charge in [-0.3, -0.25) is 9.59 Å². The standard InChI is InChI=1S/C18H21N3O4/c1-24-12-18(8-9-19-11-18)17(23)21-14-6-4-13(5-7-14)20-16(22)15-3-2-10-25-15/h2-7,10,19H,8-9,11-12H2,1H3,(H,20,22)(H,21,23). The number of methoxy groups -OCH3 is 1. The van der Waals surface area contributed by atoms with E-state index in [-0.39, 0.29) is 17.6 Å². The van der Waals surface area contributed by atoms with Gasteiger partial charge < -0.3 is 25.1 Å². The first-order chi connectivity index (χ1) is 12.1. The SMILES string of the molecule is COCC1(C(=O)Nc2ccc(NC(=O)c3ccco3)cc2)CCNC1. The van der Waals surface area contributed by atoms with Crippen LogP contribution in [0.1, 0.15) is 17.0 Å². The third-order valence-electron chi connectivity index (χ3n) is 4.29. The Morgan fingerprint density at radius 2 is 1.92 bits per heavy atom. The second-order valence-electron chi connectivity index (χ2n) is 6.10. The number of ether oxygens (including phenoxy) is 1. The summed E-state index contributed by atoms with van der Waals surface area (Å²) in [6.45, 7) is 1.78.